The van der Waals surface area contributed by atoms with E-state index in [1.54, 1.807) is 6.92 Å². The van der Waals surface area contributed by atoms with E-state index in [2.05, 4.69) is 4.74 Å². The molecule has 0 aromatic heterocycles. The third-order valence-electron chi connectivity index (χ3n) is 1.34. The molecule has 0 radical (unpaired) electrons. The van der Waals surface area contributed by atoms with Crippen LogP contribution in [0.25, 0.3) is 0 Å². The molecule has 0 fully saturated rings. The Kier molecular flexibility index (Phi) is 3.65. The predicted octanol–water partition coefficient (Wildman–Crippen LogP) is -1.71. The Bertz CT molecular complexity index is 194. The maximum atomic E-state index is 10.9. The molecule has 0 aromatic rings. The van der Waals surface area contributed by atoms with Gasteiger partial charge in [-0.1, -0.05) is 0 Å². The quantitative estimate of drug-likeness (QED) is 0.347. The molecule has 0 aliphatic heterocycles. The van der Waals surface area contributed by atoms with E-state index in [9.17, 15) is 9.59 Å². The molecule has 6 heteroatoms. The molecule has 0 rings (SSSR count). The molecule has 0 bridgehead atoms. The van der Waals surface area contributed by atoms with Crippen molar-refractivity contribution >= 4 is 11.9 Å². The summed E-state index contributed by atoms with van der Waals surface area (Å²) >= 11 is 0. The van der Waals surface area contributed by atoms with Crippen molar-refractivity contribution in [2.24, 2.45) is 11.5 Å². The van der Waals surface area contributed by atoms with Crippen LogP contribution in [0.4, 0.5) is 0 Å². The summed E-state index contributed by atoms with van der Waals surface area (Å²) in [6.07, 6.45) is 0. The zero-order valence-electron chi connectivity index (χ0n) is 6.74. The Balaban J connectivity index is 4.52. The van der Waals surface area contributed by atoms with E-state index >= 15 is 0 Å². The molecule has 0 aliphatic rings. The monoisotopic (exact) mass is 176 g/mol. The van der Waals surface area contributed by atoms with Crippen molar-refractivity contribution in [3.05, 3.63) is 0 Å². The molecule has 6 nitrogen and oxygen atoms in total. The second-order valence-electron chi connectivity index (χ2n) is 2.20. The van der Waals surface area contributed by atoms with Gasteiger partial charge in [0.05, 0.1) is 6.61 Å². The molecule has 5 N–H and O–H groups in total. The zero-order chi connectivity index (χ0) is 9.78. The van der Waals surface area contributed by atoms with Gasteiger partial charge in [-0.3, -0.25) is 0 Å². The number of carboxylic acid groups (broad SMARTS) is 1. The van der Waals surface area contributed by atoms with E-state index in [1.807, 2.05) is 0 Å². The molecule has 0 saturated carbocycles. The van der Waals surface area contributed by atoms with E-state index in [-0.39, 0.29) is 6.61 Å². The third kappa shape index (κ3) is 1.93. The minimum absolute atomic E-state index is 0.0745. The van der Waals surface area contributed by atoms with Gasteiger partial charge in [0.2, 0.25) is 5.54 Å². The van der Waals surface area contributed by atoms with Gasteiger partial charge < -0.3 is 21.3 Å². The fourth-order valence-corrected chi connectivity index (χ4v) is 0.518. The lowest BCUT2D eigenvalue weighted by Gasteiger charge is -2.19. The molecule has 70 valence electrons. The summed E-state index contributed by atoms with van der Waals surface area (Å²) in [5.41, 5.74) is 8.09. The lowest BCUT2D eigenvalue weighted by atomic mass is 10.0. The minimum Gasteiger partial charge on any atom is -0.479 e. The maximum Gasteiger partial charge on any atom is 0.339 e. The van der Waals surface area contributed by atoms with E-state index in [1.165, 1.54) is 0 Å². The summed E-state index contributed by atoms with van der Waals surface area (Å²) in [4.78, 5) is 21.4. The number of hydrogen-bond donors (Lipinski definition) is 3. The second-order valence-corrected chi connectivity index (χ2v) is 2.20. The average molecular weight is 176 g/mol. The van der Waals surface area contributed by atoms with Crippen molar-refractivity contribution in [1.82, 2.24) is 0 Å². The minimum atomic E-state index is -2.12. The van der Waals surface area contributed by atoms with Crippen LogP contribution in [0.2, 0.25) is 0 Å². The number of nitrogens with two attached hydrogens (primary N) is 2. The van der Waals surface area contributed by atoms with Crippen LogP contribution in [0, 0.1) is 0 Å². The number of rotatable bonds is 4. The van der Waals surface area contributed by atoms with Crippen LogP contribution in [0.15, 0.2) is 0 Å². The number of carboxylic acids is 1. The Morgan fingerprint density at radius 3 is 2.33 bits per heavy atom. The van der Waals surface area contributed by atoms with E-state index in [4.69, 9.17) is 16.6 Å². The molecule has 0 heterocycles. The van der Waals surface area contributed by atoms with Gasteiger partial charge in [0.1, 0.15) is 0 Å². The fraction of sp³-hybridized carbons (Fsp3) is 0.667. The largest absolute Gasteiger partial charge is 0.479 e. The van der Waals surface area contributed by atoms with Crippen LogP contribution in [0.1, 0.15) is 6.92 Å². The number of aliphatic carboxylic acids is 1. The van der Waals surface area contributed by atoms with Crippen LogP contribution < -0.4 is 11.5 Å². The zero-order valence-corrected chi connectivity index (χ0v) is 6.74. The van der Waals surface area contributed by atoms with Crippen molar-refractivity contribution in [3.8, 4) is 0 Å². The Labute approximate surface area is 69.5 Å². The summed E-state index contributed by atoms with van der Waals surface area (Å²) in [5, 5.41) is 8.52. The summed E-state index contributed by atoms with van der Waals surface area (Å²) in [7, 11) is 0. The van der Waals surface area contributed by atoms with E-state index in [0.29, 0.717) is 0 Å². The fourth-order valence-electron chi connectivity index (χ4n) is 0.518. The van der Waals surface area contributed by atoms with Gasteiger partial charge in [-0.15, -0.1) is 0 Å². The molecular weight excluding hydrogens is 164 g/mol. The van der Waals surface area contributed by atoms with Gasteiger partial charge in [-0.2, -0.15) is 0 Å². The van der Waals surface area contributed by atoms with Gasteiger partial charge in [-0.25, -0.2) is 9.59 Å². The first-order valence-corrected chi connectivity index (χ1v) is 3.38. The molecule has 12 heavy (non-hydrogen) atoms. The standard InChI is InChI=1S/C6H12N2O4/c1-2-12-5(11)6(8,3-7)4(9)10/h2-3,7-8H2,1H3,(H,9,10). The molecule has 1 unspecified atom stereocenters. The number of ether oxygens (including phenoxy) is 1. The van der Waals surface area contributed by atoms with Crippen molar-refractivity contribution in [2.45, 2.75) is 12.5 Å². The van der Waals surface area contributed by atoms with Gasteiger partial charge in [0.15, 0.2) is 0 Å². The average Bonchev–Trinajstić information content (AvgIpc) is 2.03. The first-order chi connectivity index (χ1) is 5.49. The van der Waals surface area contributed by atoms with Crippen molar-refractivity contribution < 1.29 is 19.4 Å². The van der Waals surface area contributed by atoms with E-state index in [0.717, 1.165) is 0 Å². The van der Waals surface area contributed by atoms with Crippen LogP contribution in [0.5, 0.6) is 0 Å². The summed E-state index contributed by atoms with van der Waals surface area (Å²) in [5.74, 6) is -2.50. The molecule has 0 spiro atoms. The maximum absolute atomic E-state index is 10.9. The summed E-state index contributed by atoms with van der Waals surface area (Å²) in [6, 6.07) is 0. The van der Waals surface area contributed by atoms with Crippen LogP contribution in [0.3, 0.4) is 0 Å². The highest BCUT2D eigenvalue weighted by Crippen LogP contribution is 2.01. The van der Waals surface area contributed by atoms with Crippen LogP contribution >= 0.6 is 0 Å². The number of carbonyl (C=O) groups excluding carboxylic acids is 1. The first-order valence-electron chi connectivity index (χ1n) is 3.38. The van der Waals surface area contributed by atoms with Crippen molar-refractivity contribution in [1.29, 1.82) is 0 Å². The first kappa shape index (κ1) is 10.9. The molecule has 0 saturated heterocycles. The highest BCUT2D eigenvalue weighted by Gasteiger charge is 2.42. The second kappa shape index (κ2) is 4.03. The SMILES string of the molecule is CCOC(=O)C(N)(CN)C(=O)O. The molecular formula is C6H12N2O4. The van der Waals surface area contributed by atoms with Gasteiger partial charge >= 0.3 is 11.9 Å². The molecule has 0 aliphatic carbocycles. The van der Waals surface area contributed by atoms with Gasteiger partial charge in [0.25, 0.3) is 0 Å². The Hall–Kier alpha value is -1.14. The molecule has 1 atom stereocenters. The lowest BCUT2D eigenvalue weighted by Crippen LogP contribution is -2.60. The Morgan fingerprint density at radius 1 is 1.58 bits per heavy atom. The number of hydrogen-bond acceptors (Lipinski definition) is 5. The highest BCUT2D eigenvalue weighted by molar-refractivity contribution is 6.04. The van der Waals surface area contributed by atoms with Gasteiger partial charge in [-0.05, 0) is 6.92 Å². The number of carbonyl (C=O) groups is 2. The van der Waals surface area contributed by atoms with E-state index < -0.39 is 24.0 Å². The highest BCUT2D eigenvalue weighted by atomic mass is 16.5. The third-order valence-corrected chi connectivity index (χ3v) is 1.34. The summed E-state index contributed by atoms with van der Waals surface area (Å²) < 4.78 is 4.43. The van der Waals surface area contributed by atoms with Crippen molar-refractivity contribution in [2.75, 3.05) is 13.2 Å². The topological polar surface area (TPSA) is 116 Å². The predicted molar refractivity (Wildman–Crippen MR) is 40.2 cm³/mol. The normalized spacial score (nSPS) is 14.9. The Morgan fingerprint density at radius 2 is 2.08 bits per heavy atom. The lowest BCUT2D eigenvalue weighted by molar-refractivity contribution is -0.160. The van der Waals surface area contributed by atoms with Gasteiger partial charge in [0, 0.05) is 6.54 Å². The van der Waals surface area contributed by atoms with Crippen LogP contribution in [-0.2, 0) is 14.3 Å². The number of esters is 1. The van der Waals surface area contributed by atoms with Crippen LogP contribution in [-0.4, -0.2) is 35.7 Å². The summed E-state index contributed by atoms with van der Waals surface area (Å²) in [6.45, 7) is 1.14. The molecule has 0 amide bonds. The van der Waals surface area contributed by atoms with Crippen molar-refractivity contribution in [3.63, 3.8) is 0 Å². The smallest absolute Gasteiger partial charge is 0.339 e. The molecule has 0 aromatic carbocycles.